The quantitative estimate of drug-likeness (QED) is 0.126. The molecule has 4 aromatic carbocycles. The lowest BCUT2D eigenvalue weighted by atomic mass is 9.67. The van der Waals surface area contributed by atoms with E-state index in [4.69, 9.17) is 28.4 Å². The second-order valence-corrected chi connectivity index (χ2v) is 10.7. The Morgan fingerprint density at radius 3 is 1.35 bits per heavy atom. The Balaban J connectivity index is 1.73. The van der Waals surface area contributed by atoms with Gasteiger partial charge in [0.2, 0.25) is 0 Å². The van der Waals surface area contributed by atoms with Crippen molar-refractivity contribution in [2.24, 2.45) is 0 Å². The van der Waals surface area contributed by atoms with Gasteiger partial charge in [-0.1, -0.05) is 59.7 Å². The fourth-order valence-corrected chi connectivity index (χ4v) is 6.09. The zero-order chi connectivity index (χ0) is 30.4. The van der Waals surface area contributed by atoms with Crippen LogP contribution in [0.15, 0.2) is 72.8 Å². The topological polar surface area (TPSA) is 55.4 Å². The Morgan fingerprint density at radius 2 is 0.953 bits per heavy atom. The molecule has 6 nitrogen and oxygen atoms in total. The maximum atomic E-state index is 6.07. The van der Waals surface area contributed by atoms with Gasteiger partial charge in [0.15, 0.2) is 23.0 Å². The third-order valence-corrected chi connectivity index (χ3v) is 8.02. The Bertz CT molecular complexity index is 1440. The summed E-state index contributed by atoms with van der Waals surface area (Å²) in [7, 11) is 3.37. The monoisotopic (exact) mass is 582 g/mol. The van der Waals surface area contributed by atoms with Crippen LogP contribution in [0.5, 0.6) is 23.0 Å². The fourth-order valence-electron chi connectivity index (χ4n) is 6.09. The fraction of sp³-hybridized carbons (Fsp3) is 0.351. The van der Waals surface area contributed by atoms with Crippen molar-refractivity contribution < 1.29 is 28.4 Å². The molecule has 0 radical (unpaired) electrons. The van der Waals surface area contributed by atoms with Crippen LogP contribution in [0.4, 0.5) is 0 Å². The molecule has 43 heavy (non-hydrogen) atoms. The van der Waals surface area contributed by atoms with E-state index in [0.717, 1.165) is 11.1 Å². The van der Waals surface area contributed by atoms with Crippen LogP contribution in [0.1, 0.15) is 47.2 Å². The number of aryl methyl sites for hydroxylation is 2. The van der Waals surface area contributed by atoms with Crippen LogP contribution in [-0.2, 0) is 14.9 Å². The zero-order valence-electron chi connectivity index (χ0n) is 26.1. The molecule has 5 rings (SSSR count). The van der Waals surface area contributed by atoms with E-state index in [1.807, 2.05) is 26.0 Å². The molecule has 1 aliphatic carbocycles. The number of ether oxygens (including phenoxy) is 6. The number of methoxy groups -OCH3 is 2. The molecule has 0 bridgehead atoms. The smallest absolute Gasteiger partial charge is 0.161 e. The Labute approximate surface area is 255 Å². The summed E-state index contributed by atoms with van der Waals surface area (Å²) in [6.45, 7) is 11.5. The molecule has 4 aromatic rings. The molecular weight excluding hydrogens is 540 g/mol. The standard InChI is InChI=1S/C37H42O6/c1-7-40-17-19-42-33-15-11-27(23-35(33)38-5)37(28-12-16-34(36(24-28)39-6)43-20-18-41-8-2)31-21-25(3)9-13-29(31)30-14-10-26(4)22-32(30)37/h9-16,21-24H,7-8,17-20H2,1-6H3. The van der Waals surface area contributed by atoms with Gasteiger partial charge in [-0.3, -0.25) is 0 Å². The van der Waals surface area contributed by atoms with E-state index in [-0.39, 0.29) is 0 Å². The molecule has 226 valence electrons. The van der Waals surface area contributed by atoms with Crippen molar-refractivity contribution in [1.29, 1.82) is 0 Å². The minimum absolute atomic E-state index is 0.445. The molecule has 1 aliphatic rings. The molecule has 0 aliphatic heterocycles. The average molecular weight is 583 g/mol. The van der Waals surface area contributed by atoms with Crippen LogP contribution in [0.3, 0.4) is 0 Å². The van der Waals surface area contributed by atoms with Crippen molar-refractivity contribution in [2.45, 2.75) is 33.1 Å². The molecule has 0 atom stereocenters. The van der Waals surface area contributed by atoms with E-state index >= 15 is 0 Å². The van der Waals surface area contributed by atoms with E-state index in [9.17, 15) is 0 Å². The molecule has 0 heterocycles. The van der Waals surface area contributed by atoms with Gasteiger partial charge in [0, 0.05) is 13.2 Å². The van der Waals surface area contributed by atoms with Crippen LogP contribution >= 0.6 is 0 Å². The summed E-state index contributed by atoms with van der Waals surface area (Å²) in [5.41, 5.74) is 8.75. The first-order valence-corrected chi connectivity index (χ1v) is 15.0. The van der Waals surface area contributed by atoms with E-state index < -0.39 is 5.41 Å². The first-order valence-electron chi connectivity index (χ1n) is 15.0. The first-order chi connectivity index (χ1) is 21.0. The third kappa shape index (κ3) is 5.82. The van der Waals surface area contributed by atoms with Crippen molar-refractivity contribution in [3.8, 4) is 34.1 Å². The van der Waals surface area contributed by atoms with Crippen molar-refractivity contribution >= 4 is 0 Å². The summed E-state index contributed by atoms with van der Waals surface area (Å²) < 4.78 is 34.9. The van der Waals surface area contributed by atoms with Gasteiger partial charge in [-0.15, -0.1) is 0 Å². The SMILES string of the molecule is CCOCCOc1ccc(C2(c3ccc(OCCOCC)c(OC)c3)c3cc(C)ccc3-c3ccc(C)cc32)cc1OC. The Kier molecular flexibility index (Phi) is 9.59. The predicted molar refractivity (Wildman–Crippen MR) is 170 cm³/mol. The second kappa shape index (κ2) is 13.5. The van der Waals surface area contributed by atoms with Crippen molar-refractivity contribution in [3.63, 3.8) is 0 Å². The highest BCUT2D eigenvalue weighted by Gasteiger charge is 2.47. The molecule has 0 spiro atoms. The van der Waals surface area contributed by atoms with Gasteiger partial charge in [0.25, 0.3) is 0 Å². The van der Waals surface area contributed by atoms with Gasteiger partial charge in [0.05, 0.1) is 32.8 Å². The molecule has 0 amide bonds. The van der Waals surface area contributed by atoms with Crippen LogP contribution in [0.25, 0.3) is 11.1 Å². The molecule has 0 saturated heterocycles. The Hall–Kier alpha value is -4.00. The highest BCUT2D eigenvalue weighted by Crippen LogP contribution is 2.58. The van der Waals surface area contributed by atoms with E-state index in [1.165, 1.54) is 33.4 Å². The van der Waals surface area contributed by atoms with Gasteiger partial charge in [-0.2, -0.15) is 0 Å². The summed E-state index contributed by atoms with van der Waals surface area (Å²) in [5.74, 6) is 2.71. The van der Waals surface area contributed by atoms with Crippen LogP contribution < -0.4 is 18.9 Å². The van der Waals surface area contributed by atoms with Crippen molar-refractivity contribution in [2.75, 3.05) is 53.9 Å². The summed E-state index contributed by atoms with van der Waals surface area (Å²) in [4.78, 5) is 0. The summed E-state index contributed by atoms with van der Waals surface area (Å²) in [6, 6.07) is 26.0. The maximum Gasteiger partial charge on any atom is 0.161 e. The van der Waals surface area contributed by atoms with Gasteiger partial charge < -0.3 is 28.4 Å². The normalized spacial score (nSPS) is 12.9. The van der Waals surface area contributed by atoms with Crippen LogP contribution in [0.2, 0.25) is 0 Å². The van der Waals surface area contributed by atoms with Crippen LogP contribution in [-0.4, -0.2) is 53.9 Å². The maximum absolute atomic E-state index is 6.07. The van der Waals surface area contributed by atoms with Gasteiger partial charge in [-0.25, -0.2) is 0 Å². The molecule has 0 fully saturated rings. The lowest BCUT2D eigenvalue weighted by molar-refractivity contribution is 0.109. The predicted octanol–water partition coefficient (Wildman–Crippen LogP) is 7.51. The largest absolute Gasteiger partial charge is 0.493 e. The molecule has 0 saturated carbocycles. The summed E-state index contributed by atoms with van der Waals surface area (Å²) >= 11 is 0. The number of hydrogen-bond donors (Lipinski definition) is 0. The lowest BCUT2D eigenvalue weighted by Gasteiger charge is -2.35. The number of fused-ring (bicyclic) bond motifs is 3. The minimum atomic E-state index is -0.642. The van der Waals surface area contributed by atoms with Gasteiger partial charge in [0.1, 0.15) is 13.2 Å². The van der Waals surface area contributed by atoms with Gasteiger partial charge in [-0.05, 0) is 85.3 Å². The molecule has 0 N–H and O–H groups in total. The minimum Gasteiger partial charge on any atom is -0.493 e. The summed E-state index contributed by atoms with van der Waals surface area (Å²) in [6.07, 6.45) is 0. The van der Waals surface area contributed by atoms with Crippen LogP contribution in [0, 0.1) is 13.8 Å². The first kappa shape index (κ1) is 30.5. The van der Waals surface area contributed by atoms with Crippen molar-refractivity contribution in [1.82, 2.24) is 0 Å². The number of rotatable bonds is 14. The second-order valence-electron chi connectivity index (χ2n) is 10.7. The zero-order valence-corrected chi connectivity index (χ0v) is 26.1. The highest BCUT2D eigenvalue weighted by atomic mass is 16.5. The molecule has 6 heteroatoms. The van der Waals surface area contributed by atoms with E-state index in [0.29, 0.717) is 62.6 Å². The van der Waals surface area contributed by atoms with Crippen molar-refractivity contribution in [3.05, 3.63) is 106 Å². The van der Waals surface area contributed by atoms with E-state index in [2.05, 4.69) is 74.5 Å². The van der Waals surface area contributed by atoms with E-state index in [1.54, 1.807) is 14.2 Å². The highest BCUT2D eigenvalue weighted by molar-refractivity contribution is 5.87. The molecule has 0 unspecified atom stereocenters. The Morgan fingerprint density at radius 1 is 0.512 bits per heavy atom. The van der Waals surface area contributed by atoms with Gasteiger partial charge >= 0.3 is 0 Å². The number of benzene rings is 4. The molecule has 0 aromatic heterocycles. The summed E-state index contributed by atoms with van der Waals surface area (Å²) in [5, 5.41) is 0. The lowest BCUT2D eigenvalue weighted by Crippen LogP contribution is -2.29. The number of hydrogen-bond acceptors (Lipinski definition) is 6. The third-order valence-electron chi connectivity index (χ3n) is 8.02. The molecular formula is C37H42O6. The average Bonchev–Trinajstić information content (AvgIpc) is 3.30.